The molecule has 0 N–H and O–H groups in total. The molecule has 1 aromatic rings. The first-order valence-electron chi connectivity index (χ1n) is 9.14. The first kappa shape index (κ1) is 17.1. The molecule has 1 unspecified atom stereocenters. The van der Waals surface area contributed by atoms with Crippen LogP contribution < -0.4 is 0 Å². The van der Waals surface area contributed by atoms with Gasteiger partial charge < -0.3 is 14.2 Å². The van der Waals surface area contributed by atoms with Gasteiger partial charge in [0.25, 0.3) is 5.91 Å². The van der Waals surface area contributed by atoms with Crippen molar-refractivity contribution in [2.24, 2.45) is 5.92 Å². The zero-order valence-electron chi connectivity index (χ0n) is 15.0. The summed E-state index contributed by atoms with van der Waals surface area (Å²) in [7, 11) is 0. The van der Waals surface area contributed by atoms with Crippen molar-refractivity contribution >= 4 is 11.8 Å². The standard InChI is InChI=1S/C19H28N2O3/c1-13-7-10-20(11-8-13)19(23)17-6-4-5-9-21(17)18(22)16-12-14(2)24-15(16)3/h12-13,17H,4-11H2,1-3H3. The number of carbonyl (C=O) groups excluding carboxylic acids is 2. The van der Waals surface area contributed by atoms with E-state index in [1.807, 2.05) is 18.7 Å². The lowest BCUT2D eigenvalue weighted by Gasteiger charge is -2.39. The van der Waals surface area contributed by atoms with Crippen molar-refractivity contribution in [3.63, 3.8) is 0 Å². The Kier molecular flexibility index (Phi) is 4.97. The molecule has 0 aromatic carbocycles. The number of piperidine rings is 2. The van der Waals surface area contributed by atoms with Gasteiger partial charge in [-0.2, -0.15) is 0 Å². The Morgan fingerprint density at radius 3 is 2.42 bits per heavy atom. The minimum Gasteiger partial charge on any atom is -0.466 e. The zero-order valence-corrected chi connectivity index (χ0v) is 15.0. The average molecular weight is 332 g/mol. The molecule has 1 atom stereocenters. The summed E-state index contributed by atoms with van der Waals surface area (Å²) in [5.74, 6) is 2.14. The summed E-state index contributed by atoms with van der Waals surface area (Å²) < 4.78 is 5.51. The van der Waals surface area contributed by atoms with Gasteiger partial charge in [-0.1, -0.05) is 6.92 Å². The second-order valence-electron chi connectivity index (χ2n) is 7.34. The highest BCUT2D eigenvalue weighted by Crippen LogP contribution is 2.26. The molecule has 5 heteroatoms. The third-order valence-electron chi connectivity index (χ3n) is 5.42. The van der Waals surface area contributed by atoms with Crippen LogP contribution in [0, 0.1) is 19.8 Å². The molecule has 0 spiro atoms. The van der Waals surface area contributed by atoms with E-state index in [-0.39, 0.29) is 17.9 Å². The molecular weight excluding hydrogens is 304 g/mol. The van der Waals surface area contributed by atoms with Crippen LogP contribution in [-0.2, 0) is 4.79 Å². The molecule has 2 saturated heterocycles. The van der Waals surface area contributed by atoms with Crippen molar-refractivity contribution in [2.45, 2.75) is 58.9 Å². The molecule has 0 aliphatic carbocycles. The van der Waals surface area contributed by atoms with Gasteiger partial charge in [0.1, 0.15) is 17.6 Å². The van der Waals surface area contributed by atoms with E-state index >= 15 is 0 Å². The van der Waals surface area contributed by atoms with Gasteiger partial charge >= 0.3 is 0 Å². The monoisotopic (exact) mass is 332 g/mol. The predicted octanol–water partition coefficient (Wildman–Crippen LogP) is 3.15. The van der Waals surface area contributed by atoms with Crippen molar-refractivity contribution in [1.29, 1.82) is 0 Å². The summed E-state index contributed by atoms with van der Waals surface area (Å²) in [6.07, 6.45) is 4.86. The highest BCUT2D eigenvalue weighted by Gasteiger charge is 2.36. The molecule has 132 valence electrons. The minimum absolute atomic E-state index is 0.0622. The van der Waals surface area contributed by atoms with Gasteiger partial charge in [-0.3, -0.25) is 9.59 Å². The van der Waals surface area contributed by atoms with Gasteiger partial charge in [0, 0.05) is 19.6 Å². The number of rotatable bonds is 2. The molecule has 3 rings (SSSR count). The van der Waals surface area contributed by atoms with Crippen molar-refractivity contribution < 1.29 is 14.0 Å². The van der Waals surface area contributed by atoms with Gasteiger partial charge in [0.05, 0.1) is 5.56 Å². The number of likely N-dealkylation sites (tertiary alicyclic amines) is 2. The number of nitrogens with zero attached hydrogens (tertiary/aromatic N) is 2. The molecular formula is C19H28N2O3. The molecule has 2 aliphatic rings. The molecule has 1 aromatic heterocycles. The van der Waals surface area contributed by atoms with Crippen LogP contribution in [0.5, 0.6) is 0 Å². The van der Waals surface area contributed by atoms with Crippen LogP contribution in [0.4, 0.5) is 0 Å². The van der Waals surface area contributed by atoms with Crippen LogP contribution in [-0.4, -0.2) is 47.3 Å². The van der Waals surface area contributed by atoms with Crippen LogP contribution in [0.1, 0.15) is 60.9 Å². The number of furan rings is 1. The summed E-state index contributed by atoms with van der Waals surface area (Å²) in [5, 5.41) is 0. The predicted molar refractivity (Wildman–Crippen MR) is 91.8 cm³/mol. The fourth-order valence-corrected chi connectivity index (χ4v) is 3.87. The quantitative estimate of drug-likeness (QED) is 0.836. The Balaban J connectivity index is 1.77. The van der Waals surface area contributed by atoms with Gasteiger partial charge in [0.15, 0.2) is 0 Å². The molecule has 2 amide bonds. The van der Waals surface area contributed by atoms with Gasteiger partial charge in [-0.05, 0) is 57.9 Å². The Bertz CT molecular complexity index is 614. The second kappa shape index (κ2) is 6.99. The van der Waals surface area contributed by atoms with E-state index in [1.54, 1.807) is 11.0 Å². The van der Waals surface area contributed by atoms with E-state index in [1.165, 1.54) is 0 Å². The topological polar surface area (TPSA) is 53.8 Å². The SMILES string of the molecule is Cc1cc(C(=O)N2CCCCC2C(=O)N2CCC(C)CC2)c(C)o1. The lowest BCUT2D eigenvalue weighted by atomic mass is 9.96. The summed E-state index contributed by atoms with van der Waals surface area (Å²) in [4.78, 5) is 29.7. The maximum absolute atomic E-state index is 13.0. The average Bonchev–Trinajstić information content (AvgIpc) is 2.92. The van der Waals surface area contributed by atoms with E-state index < -0.39 is 0 Å². The summed E-state index contributed by atoms with van der Waals surface area (Å²) >= 11 is 0. The fourth-order valence-electron chi connectivity index (χ4n) is 3.87. The van der Waals surface area contributed by atoms with E-state index in [2.05, 4.69) is 6.92 Å². The van der Waals surface area contributed by atoms with Crippen molar-refractivity contribution in [2.75, 3.05) is 19.6 Å². The first-order chi connectivity index (χ1) is 11.5. The van der Waals surface area contributed by atoms with Crippen molar-refractivity contribution in [3.05, 3.63) is 23.2 Å². The Labute approximate surface area is 144 Å². The van der Waals surface area contributed by atoms with Crippen LogP contribution >= 0.6 is 0 Å². The minimum atomic E-state index is -0.311. The number of hydrogen-bond acceptors (Lipinski definition) is 3. The lowest BCUT2D eigenvalue weighted by Crippen LogP contribution is -2.54. The number of aryl methyl sites for hydroxylation is 2. The highest BCUT2D eigenvalue weighted by atomic mass is 16.3. The normalized spacial score (nSPS) is 22.7. The molecule has 2 fully saturated rings. The van der Waals surface area contributed by atoms with E-state index in [0.717, 1.165) is 51.0 Å². The van der Waals surface area contributed by atoms with Crippen LogP contribution in [0.3, 0.4) is 0 Å². The van der Waals surface area contributed by atoms with E-state index in [0.29, 0.717) is 23.8 Å². The molecule has 24 heavy (non-hydrogen) atoms. The van der Waals surface area contributed by atoms with E-state index in [9.17, 15) is 9.59 Å². The summed E-state index contributed by atoms with van der Waals surface area (Å²) in [6, 6.07) is 1.48. The lowest BCUT2D eigenvalue weighted by molar-refractivity contribution is -0.138. The largest absolute Gasteiger partial charge is 0.466 e. The molecule has 0 bridgehead atoms. The summed E-state index contributed by atoms with van der Waals surface area (Å²) in [6.45, 7) is 8.20. The Hall–Kier alpha value is -1.78. The Morgan fingerprint density at radius 1 is 1.08 bits per heavy atom. The molecule has 5 nitrogen and oxygen atoms in total. The molecule has 0 radical (unpaired) electrons. The van der Waals surface area contributed by atoms with Crippen LogP contribution in [0.25, 0.3) is 0 Å². The Morgan fingerprint density at radius 2 is 1.79 bits per heavy atom. The van der Waals surface area contributed by atoms with E-state index in [4.69, 9.17) is 4.42 Å². The highest BCUT2D eigenvalue weighted by molar-refractivity contribution is 5.98. The number of amides is 2. The van der Waals surface area contributed by atoms with Gasteiger partial charge in [-0.15, -0.1) is 0 Å². The zero-order chi connectivity index (χ0) is 17.3. The first-order valence-corrected chi connectivity index (χ1v) is 9.14. The second-order valence-corrected chi connectivity index (χ2v) is 7.34. The number of carbonyl (C=O) groups is 2. The van der Waals surface area contributed by atoms with Gasteiger partial charge in [-0.25, -0.2) is 0 Å². The third-order valence-corrected chi connectivity index (χ3v) is 5.42. The van der Waals surface area contributed by atoms with Crippen molar-refractivity contribution in [3.8, 4) is 0 Å². The van der Waals surface area contributed by atoms with Crippen molar-refractivity contribution in [1.82, 2.24) is 9.80 Å². The molecule has 0 saturated carbocycles. The van der Waals surface area contributed by atoms with Crippen LogP contribution in [0.2, 0.25) is 0 Å². The maximum Gasteiger partial charge on any atom is 0.258 e. The van der Waals surface area contributed by atoms with Gasteiger partial charge in [0.2, 0.25) is 5.91 Å². The smallest absolute Gasteiger partial charge is 0.258 e. The maximum atomic E-state index is 13.0. The van der Waals surface area contributed by atoms with Crippen LogP contribution in [0.15, 0.2) is 10.5 Å². The third kappa shape index (κ3) is 3.35. The number of hydrogen-bond donors (Lipinski definition) is 0. The fraction of sp³-hybridized carbons (Fsp3) is 0.684. The summed E-state index contributed by atoms with van der Waals surface area (Å²) in [5.41, 5.74) is 0.597. The molecule has 3 heterocycles. The molecule has 2 aliphatic heterocycles.